The zero-order chi connectivity index (χ0) is 16.2. The highest BCUT2D eigenvalue weighted by Crippen LogP contribution is 2.21. The molecule has 0 unspecified atom stereocenters. The van der Waals surface area contributed by atoms with Crippen LogP contribution in [0.5, 0.6) is 0 Å². The molecule has 23 heavy (non-hydrogen) atoms. The Morgan fingerprint density at radius 1 is 1.43 bits per heavy atom. The van der Waals surface area contributed by atoms with E-state index in [9.17, 15) is 4.79 Å². The summed E-state index contributed by atoms with van der Waals surface area (Å²) in [5.74, 6) is 0.857. The third kappa shape index (κ3) is 3.64. The van der Waals surface area contributed by atoms with Gasteiger partial charge in [0.1, 0.15) is 5.76 Å². The summed E-state index contributed by atoms with van der Waals surface area (Å²) >= 11 is 0. The molecule has 6 heteroatoms. The van der Waals surface area contributed by atoms with Crippen LogP contribution in [0.3, 0.4) is 0 Å². The van der Waals surface area contributed by atoms with Crippen molar-refractivity contribution in [2.45, 2.75) is 38.9 Å². The Labute approximate surface area is 136 Å². The first kappa shape index (κ1) is 15.8. The lowest BCUT2D eigenvalue weighted by Crippen LogP contribution is -2.46. The van der Waals surface area contributed by atoms with Crippen molar-refractivity contribution in [3.63, 3.8) is 0 Å². The number of amides is 1. The van der Waals surface area contributed by atoms with Gasteiger partial charge in [0.05, 0.1) is 24.6 Å². The van der Waals surface area contributed by atoms with Crippen molar-refractivity contribution in [2.75, 3.05) is 20.1 Å². The Morgan fingerprint density at radius 3 is 2.83 bits per heavy atom. The van der Waals surface area contributed by atoms with Crippen LogP contribution in [0.1, 0.15) is 35.9 Å². The average molecular weight is 316 g/mol. The fourth-order valence-corrected chi connectivity index (χ4v) is 3.06. The minimum atomic E-state index is 0.0376. The molecule has 1 aliphatic heterocycles. The van der Waals surface area contributed by atoms with Gasteiger partial charge in [-0.3, -0.25) is 9.48 Å². The van der Waals surface area contributed by atoms with E-state index in [0.29, 0.717) is 12.1 Å². The van der Waals surface area contributed by atoms with Crippen molar-refractivity contribution in [3.05, 3.63) is 42.1 Å². The normalized spacial score (nSPS) is 16.6. The lowest BCUT2D eigenvalue weighted by molar-refractivity contribution is 0.0550. The molecule has 0 bridgehead atoms. The number of carbonyl (C=O) groups excluding carboxylic acids is 1. The number of rotatable bonds is 5. The van der Waals surface area contributed by atoms with Crippen LogP contribution in [-0.2, 0) is 13.1 Å². The third-order valence-corrected chi connectivity index (χ3v) is 4.50. The van der Waals surface area contributed by atoms with E-state index in [-0.39, 0.29) is 11.9 Å². The Balaban J connectivity index is 1.80. The van der Waals surface area contributed by atoms with Gasteiger partial charge in [0.15, 0.2) is 0 Å². The second kappa shape index (κ2) is 7.00. The van der Waals surface area contributed by atoms with Gasteiger partial charge in [0.25, 0.3) is 5.91 Å². The molecular weight excluding hydrogens is 292 g/mol. The van der Waals surface area contributed by atoms with Gasteiger partial charge in [-0.15, -0.1) is 0 Å². The summed E-state index contributed by atoms with van der Waals surface area (Å²) in [6, 6.07) is 4.03. The molecule has 1 saturated heterocycles. The number of nitrogens with zero attached hydrogens (tertiary/aromatic N) is 4. The third-order valence-electron chi connectivity index (χ3n) is 4.50. The molecule has 1 amide bonds. The highest BCUT2D eigenvalue weighted by molar-refractivity contribution is 5.93. The molecule has 0 spiro atoms. The maximum absolute atomic E-state index is 13.0. The van der Waals surface area contributed by atoms with Crippen LogP contribution in [0, 0.1) is 0 Å². The number of furan rings is 1. The summed E-state index contributed by atoms with van der Waals surface area (Å²) in [7, 11) is 2.13. The quantitative estimate of drug-likeness (QED) is 0.849. The summed E-state index contributed by atoms with van der Waals surface area (Å²) in [6.07, 6.45) is 7.12. The molecule has 6 nitrogen and oxygen atoms in total. The van der Waals surface area contributed by atoms with Crippen molar-refractivity contribution in [1.82, 2.24) is 19.6 Å². The molecule has 1 aliphatic rings. The summed E-state index contributed by atoms with van der Waals surface area (Å²) in [5.41, 5.74) is 0.650. The highest BCUT2D eigenvalue weighted by Gasteiger charge is 2.29. The topological polar surface area (TPSA) is 54.5 Å². The van der Waals surface area contributed by atoms with Gasteiger partial charge >= 0.3 is 0 Å². The summed E-state index contributed by atoms with van der Waals surface area (Å²) in [6.45, 7) is 5.32. The predicted molar refractivity (Wildman–Crippen MR) is 87.0 cm³/mol. The van der Waals surface area contributed by atoms with Crippen molar-refractivity contribution >= 4 is 5.91 Å². The second-order valence-electron chi connectivity index (χ2n) is 6.13. The number of piperidine rings is 1. The molecule has 1 fully saturated rings. The van der Waals surface area contributed by atoms with Crippen molar-refractivity contribution in [3.8, 4) is 0 Å². The van der Waals surface area contributed by atoms with Gasteiger partial charge in [-0.05, 0) is 52.0 Å². The lowest BCUT2D eigenvalue weighted by atomic mass is 10.0. The van der Waals surface area contributed by atoms with Crippen LogP contribution in [0.25, 0.3) is 0 Å². The van der Waals surface area contributed by atoms with Crippen LogP contribution in [0.2, 0.25) is 0 Å². The molecule has 0 aliphatic carbocycles. The number of hydrogen-bond acceptors (Lipinski definition) is 4. The SMILES string of the molecule is CCn1cc(C(=O)N(Cc2ccco2)C2CCN(C)CC2)cn1. The molecule has 3 heterocycles. The van der Waals surface area contributed by atoms with Gasteiger partial charge in [-0.2, -0.15) is 5.10 Å². The van der Waals surface area contributed by atoms with E-state index < -0.39 is 0 Å². The van der Waals surface area contributed by atoms with Crippen molar-refractivity contribution in [2.24, 2.45) is 0 Å². The van der Waals surface area contributed by atoms with Crippen molar-refractivity contribution in [1.29, 1.82) is 0 Å². The molecule has 124 valence electrons. The number of aromatic nitrogens is 2. The molecule has 2 aromatic rings. The maximum Gasteiger partial charge on any atom is 0.257 e. The van der Waals surface area contributed by atoms with E-state index in [0.717, 1.165) is 38.2 Å². The molecule has 0 atom stereocenters. The molecule has 0 saturated carbocycles. The Hall–Kier alpha value is -2.08. The smallest absolute Gasteiger partial charge is 0.257 e. The monoisotopic (exact) mass is 316 g/mol. The average Bonchev–Trinajstić information content (AvgIpc) is 3.24. The Bertz CT molecular complexity index is 627. The van der Waals surface area contributed by atoms with Crippen LogP contribution in [-0.4, -0.2) is 51.7 Å². The largest absolute Gasteiger partial charge is 0.467 e. The van der Waals surface area contributed by atoms with E-state index in [1.165, 1.54) is 0 Å². The highest BCUT2D eigenvalue weighted by atomic mass is 16.3. The van der Waals surface area contributed by atoms with E-state index >= 15 is 0 Å². The predicted octanol–water partition coefficient (Wildman–Crippen LogP) is 2.23. The minimum absolute atomic E-state index is 0.0376. The molecule has 3 rings (SSSR count). The first-order chi connectivity index (χ1) is 11.2. The van der Waals surface area contributed by atoms with Gasteiger partial charge in [0, 0.05) is 18.8 Å². The van der Waals surface area contributed by atoms with Gasteiger partial charge in [0.2, 0.25) is 0 Å². The number of likely N-dealkylation sites (tertiary alicyclic amines) is 1. The summed E-state index contributed by atoms with van der Waals surface area (Å²) in [4.78, 5) is 17.3. The van der Waals surface area contributed by atoms with Gasteiger partial charge < -0.3 is 14.2 Å². The van der Waals surface area contributed by atoms with Crippen LogP contribution in [0.15, 0.2) is 35.2 Å². The number of aryl methyl sites for hydroxylation is 1. The summed E-state index contributed by atoms with van der Waals surface area (Å²) in [5, 5.41) is 4.23. The minimum Gasteiger partial charge on any atom is -0.467 e. The lowest BCUT2D eigenvalue weighted by Gasteiger charge is -2.36. The van der Waals surface area contributed by atoms with E-state index in [2.05, 4.69) is 17.0 Å². The number of hydrogen-bond donors (Lipinski definition) is 0. The van der Waals surface area contributed by atoms with Gasteiger partial charge in [-0.1, -0.05) is 0 Å². The zero-order valence-corrected chi connectivity index (χ0v) is 13.8. The Kier molecular flexibility index (Phi) is 4.81. The standard InChI is InChI=1S/C17H24N4O2/c1-3-20-12-14(11-18-20)17(22)21(13-16-5-4-10-23-16)15-6-8-19(2)9-7-15/h4-5,10-12,15H,3,6-9,13H2,1-2H3. The zero-order valence-electron chi connectivity index (χ0n) is 13.8. The van der Waals surface area contributed by atoms with Crippen molar-refractivity contribution < 1.29 is 9.21 Å². The molecule has 0 N–H and O–H groups in total. The summed E-state index contributed by atoms with van der Waals surface area (Å²) < 4.78 is 7.25. The van der Waals surface area contributed by atoms with Crippen LogP contribution in [0.4, 0.5) is 0 Å². The first-order valence-corrected chi connectivity index (χ1v) is 8.21. The first-order valence-electron chi connectivity index (χ1n) is 8.21. The molecular formula is C17H24N4O2. The van der Waals surface area contributed by atoms with E-state index in [1.54, 1.807) is 17.1 Å². The number of carbonyl (C=O) groups is 1. The van der Waals surface area contributed by atoms with E-state index in [1.807, 2.05) is 30.2 Å². The second-order valence-corrected chi connectivity index (χ2v) is 6.13. The molecule has 0 aromatic carbocycles. The van der Waals surface area contributed by atoms with Crippen LogP contribution >= 0.6 is 0 Å². The van der Waals surface area contributed by atoms with Gasteiger partial charge in [-0.25, -0.2) is 0 Å². The molecule has 2 aromatic heterocycles. The maximum atomic E-state index is 13.0. The fraction of sp³-hybridized carbons (Fsp3) is 0.529. The van der Waals surface area contributed by atoms with Crippen LogP contribution < -0.4 is 0 Å². The Morgan fingerprint density at radius 2 is 2.22 bits per heavy atom. The molecule has 0 radical (unpaired) electrons. The van der Waals surface area contributed by atoms with E-state index in [4.69, 9.17) is 4.42 Å². The fourth-order valence-electron chi connectivity index (χ4n) is 3.06.